The van der Waals surface area contributed by atoms with Crippen molar-refractivity contribution in [2.75, 3.05) is 19.8 Å². The van der Waals surface area contributed by atoms with Crippen molar-refractivity contribution in [3.8, 4) is 5.75 Å². The van der Waals surface area contributed by atoms with Crippen molar-refractivity contribution in [2.45, 2.75) is 25.6 Å². The van der Waals surface area contributed by atoms with E-state index in [1.165, 1.54) is 12.1 Å². The average molecular weight is 387 g/mol. The SMILES string of the molecule is O=C(COC(=O)c1ccccc1OCc1ccc(F)cc1)NC[C@@H]1CCCO1. The Morgan fingerprint density at radius 1 is 1.14 bits per heavy atom. The monoisotopic (exact) mass is 387 g/mol. The van der Waals surface area contributed by atoms with Gasteiger partial charge >= 0.3 is 5.97 Å². The molecule has 3 rings (SSSR count). The van der Waals surface area contributed by atoms with Gasteiger partial charge < -0.3 is 19.5 Å². The Kier molecular flexibility index (Phi) is 6.97. The number of hydrogen-bond acceptors (Lipinski definition) is 5. The van der Waals surface area contributed by atoms with Crippen molar-refractivity contribution in [3.63, 3.8) is 0 Å². The lowest BCUT2D eigenvalue weighted by Gasteiger charge is -2.12. The van der Waals surface area contributed by atoms with E-state index >= 15 is 0 Å². The molecule has 1 fully saturated rings. The minimum Gasteiger partial charge on any atom is -0.488 e. The number of halogens is 1. The topological polar surface area (TPSA) is 73.9 Å². The molecule has 1 saturated heterocycles. The molecule has 7 heteroatoms. The molecule has 1 atom stereocenters. The minimum atomic E-state index is -0.651. The number of nitrogens with one attached hydrogen (secondary N) is 1. The molecule has 6 nitrogen and oxygen atoms in total. The molecule has 0 bridgehead atoms. The van der Waals surface area contributed by atoms with Gasteiger partial charge in [-0.1, -0.05) is 24.3 Å². The molecule has 2 aromatic carbocycles. The van der Waals surface area contributed by atoms with E-state index < -0.39 is 5.97 Å². The first-order valence-electron chi connectivity index (χ1n) is 9.13. The van der Waals surface area contributed by atoms with Gasteiger partial charge in [-0.2, -0.15) is 0 Å². The maximum Gasteiger partial charge on any atom is 0.342 e. The van der Waals surface area contributed by atoms with Crippen molar-refractivity contribution >= 4 is 11.9 Å². The summed E-state index contributed by atoms with van der Waals surface area (Å²) in [4.78, 5) is 24.2. The molecule has 2 aromatic rings. The zero-order valence-corrected chi connectivity index (χ0v) is 15.4. The van der Waals surface area contributed by atoms with Crippen LogP contribution < -0.4 is 10.1 Å². The highest BCUT2D eigenvalue weighted by Gasteiger charge is 2.18. The molecule has 0 aromatic heterocycles. The largest absolute Gasteiger partial charge is 0.488 e. The Morgan fingerprint density at radius 3 is 2.68 bits per heavy atom. The maximum atomic E-state index is 13.0. The number of amides is 1. The third-order valence-electron chi connectivity index (χ3n) is 4.30. The highest BCUT2D eigenvalue weighted by atomic mass is 19.1. The van der Waals surface area contributed by atoms with E-state index in [0.717, 1.165) is 18.4 Å². The molecule has 1 N–H and O–H groups in total. The van der Waals surface area contributed by atoms with Gasteiger partial charge in [-0.15, -0.1) is 0 Å². The number of rotatable bonds is 8. The number of benzene rings is 2. The lowest BCUT2D eigenvalue weighted by molar-refractivity contribution is -0.124. The van der Waals surface area contributed by atoms with Crippen molar-refractivity contribution in [1.29, 1.82) is 0 Å². The Balaban J connectivity index is 1.50. The molecule has 1 amide bonds. The maximum absolute atomic E-state index is 13.0. The Hall–Kier alpha value is -2.93. The highest BCUT2D eigenvalue weighted by molar-refractivity contribution is 5.93. The van der Waals surface area contributed by atoms with Crippen molar-refractivity contribution < 1.29 is 28.2 Å². The van der Waals surface area contributed by atoms with Gasteiger partial charge in [0.05, 0.1) is 6.10 Å². The Morgan fingerprint density at radius 2 is 1.93 bits per heavy atom. The summed E-state index contributed by atoms with van der Waals surface area (Å²) < 4.78 is 29.2. The summed E-state index contributed by atoms with van der Waals surface area (Å²) in [6, 6.07) is 12.5. The van der Waals surface area contributed by atoms with Crippen LogP contribution >= 0.6 is 0 Å². The van der Waals surface area contributed by atoms with Gasteiger partial charge in [-0.25, -0.2) is 9.18 Å². The van der Waals surface area contributed by atoms with Crippen LogP contribution in [-0.2, 0) is 20.9 Å². The van der Waals surface area contributed by atoms with E-state index in [9.17, 15) is 14.0 Å². The quantitative estimate of drug-likeness (QED) is 0.705. The van der Waals surface area contributed by atoms with Gasteiger partial charge in [-0.05, 0) is 42.7 Å². The summed E-state index contributed by atoms with van der Waals surface area (Å²) in [6.07, 6.45) is 1.93. The smallest absolute Gasteiger partial charge is 0.342 e. The molecule has 1 aliphatic heterocycles. The fraction of sp³-hybridized carbons (Fsp3) is 0.333. The summed E-state index contributed by atoms with van der Waals surface area (Å²) in [5.74, 6) is -1.03. The number of hydrogen-bond donors (Lipinski definition) is 1. The van der Waals surface area contributed by atoms with E-state index in [0.29, 0.717) is 18.9 Å². The van der Waals surface area contributed by atoms with Gasteiger partial charge in [-0.3, -0.25) is 4.79 Å². The van der Waals surface area contributed by atoms with Crippen molar-refractivity contribution in [1.82, 2.24) is 5.32 Å². The second-order valence-corrected chi connectivity index (χ2v) is 6.43. The number of ether oxygens (including phenoxy) is 3. The van der Waals surface area contributed by atoms with Crippen LogP contribution in [-0.4, -0.2) is 37.7 Å². The molecule has 0 unspecified atom stereocenters. The molecule has 0 aliphatic carbocycles. The number of para-hydroxylation sites is 1. The molecule has 1 aliphatic rings. The standard InChI is InChI=1S/C21H22FNO5/c22-16-9-7-15(8-10-16)13-27-19-6-2-1-5-18(19)21(25)28-14-20(24)23-12-17-4-3-11-26-17/h1-2,5-10,17H,3-4,11-14H2,(H,23,24)/t17-/m0/s1. The van der Waals surface area contributed by atoms with Gasteiger partial charge in [0.25, 0.3) is 5.91 Å². The number of esters is 1. The molecule has 28 heavy (non-hydrogen) atoms. The highest BCUT2D eigenvalue weighted by Crippen LogP contribution is 2.20. The normalized spacial score (nSPS) is 15.8. The summed E-state index contributed by atoms with van der Waals surface area (Å²) in [5, 5.41) is 2.69. The minimum absolute atomic E-state index is 0.0280. The van der Waals surface area contributed by atoms with Gasteiger partial charge in [0.1, 0.15) is 23.7 Å². The zero-order chi connectivity index (χ0) is 19.8. The Labute approximate surface area is 162 Å². The summed E-state index contributed by atoms with van der Waals surface area (Å²) >= 11 is 0. The average Bonchev–Trinajstić information content (AvgIpc) is 3.24. The fourth-order valence-corrected chi connectivity index (χ4v) is 2.80. The summed E-state index contributed by atoms with van der Waals surface area (Å²) in [7, 11) is 0. The summed E-state index contributed by atoms with van der Waals surface area (Å²) in [5.41, 5.74) is 0.981. The first-order chi connectivity index (χ1) is 13.6. The molecule has 0 spiro atoms. The van der Waals surface area contributed by atoms with E-state index in [2.05, 4.69) is 5.32 Å². The van der Waals surface area contributed by atoms with E-state index in [-0.39, 0.29) is 36.6 Å². The van der Waals surface area contributed by atoms with E-state index in [1.54, 1.807) is 36.4 Å². The Bertz CT molecular complexity index is 803. The second kappa shape index (κ2) is 9.85. The van der Waals surface area contributed by atoms with Gasteiger partial charge in [0, 0.05) is 13.2 Å². The van der Waals surface area contributed by atoms with Crippen LogP contribution in [0, 0.1) is 5.82 Å². The molecule has 0 radical (unpaired) electrons. The van der Waals surface area contributed by atoms with Crippen LogP contribution in [0.1, 0.15) is 28.8 Å². The lowest BCUT2D eigenvalue weighted by atomic mass is 10.2. The first-order valence-corrected chi connectivity index (χ1v) is 9.13. The van der Waals surface area contributed by atoms with E-state index in [4.69, 9.17) is 14.2 Å². The predicted octanol–water partition coefficient (Wildman–Crippen LogP) is 2.86. The third-order valence-corrected chi connectivity index (χ3v) is 4.30. The molecule has 1 heterocycles. The van der Waals surface area contributed by atoms with Crippen LogP contribution in [0.4, 0.5) is 4.39 Å². The molecule has 0 saturated carbocycles. The van der Waals surface area contributed by atoms with Gasteiger partial charge in [0.15, 0.2) is 6.61 Å². The van der Waals surface area contributed by atoms with Gasteiger partial charge in [0.2, 0.25) is 0 Å². The molecular weight excluding hydrogens is 365 g/mol. The predicted molar refractivity (Wildman–Crippen MR) is 99.4 cm³/mol. The number of carbonyl (C=O) groups is 2. The van der Waals surface area contributed by atoms with Crippen molar-refractivity contribution in [3.05, 3.63) is 65.5 Å². The molecular formula is C21H22FNO5. The van der Waals surface area contributed by atoms with Crippen LogP contribution in [0.15, 0.2) is 48.5 Å². The lowest BCUT2D eigenvalue weighted by Crippen LogP contribution is -2.34. The van der Waals surface area contributed by atoms with Crippen molar-refractivity contribution in [2.24, 2.45) is 0 Å². The fourth-order valence-electron chi connectivity index (χ4n) is 2.80. The zero-order valence-electron chi connectivity index (χ0n) is 15.4. The van der Waals surface area contributed by atoms with Crippen LogP contribution in [0.2, 0.25) is 0 Å². The third kappa shape index (κ3) is 5.79. The van der Waals surface area contributed by atoms with E-state index in [1.807, 2.05) is 0 Å². The molecule has 148 valence electrons. The van der Waals surface area contributed by atoms with Crippen LogP contribution in [0.5, 0.6) is 5.75 Å². The second-order valence-electron chi connectivity index (χ2n) is 6.43. The van der Waals surface area contributed by atoms with Crippen LogP contribution in [0.3, 0.4) is 0 Å². The number of carbonyl (C=O) groups excluding carboxylic acids is 2. The van der Waals surface area contributed by atoms with Crippen LogP contribution in [0.25, 0.3) is 0 Å². The summed E-state index contributed by atoms with van der Waals surface area (Å²) in [6.45, 7) is 0.919. The first kappa shape index (κ1) is 19.8.